The summed E-state index contributed by atoms with van der Waals surface area (Å²) in [6, 6.07) is 9.90. The first-order valence-electron chi connectivity index (χ1n) is 4.88. The molecule has 1 heterocycles. The highest BCUT2D eigenvalue weighted by atomic mass is 16.6. The van der Waals surface area contributed by atoms with Gasteiger partial charge in [-0.25, -0.2) is 0 Å². The summed E-state index contributed by atoms with van der Waals surface area (Å²) in [6.07, 6.45) is -0.00819. The molecule has 0 amide bonds. The van der Waals surface area contributed by atoms with Crippen molar-refractivity contribution in [1.82, 2.24) is 0 Å². The molecule has 0 spiro atoms. The monoisotopic (exact) mass is 193 g/mol. The van der Waals surface area contributed by atoms with Gasteiger partial charge >= 0.3 is 0 Å². The van der Waals surface area contributed by atoms with Crippen LogP contribution in [0.1, 0.15) is 11.6 Å². The van der Waals surface area contributed by atoms with E-state index in [1.807, 2.05) is 30.3 Å². The van der Waals surface area contributed by atoms with Crippen LogP contribution in [0.15, 0.2) is 30.3 Å². The summed E-state index contributed by atoms with van der Waals surface area (Å²) in [4.78, 5) is 0. The molecule has 2 atom stereocenters. The molecule has 1 aromatic rings. The van der Waals surface area contributed by atoms with Crippen molar-refractivity contribution in [3.05, 3.63) is 35.9 Å². The van der Waals surface area contributed by atoms with Crippen molar-refractivity contribution in [2.24, 2.45) is 5.73 Å². The molecule has 3 nitrogen and oxygen atoms in total. The molecule has 1 saturated heterocycles. The molecule has 1 fully saturated rings. The summed E-state index contributed by atoms with van der Waals surface area (Å²) in [6.45, 7) is 1.92. The van der Waals surface area contributed by atoms with Crippen LogP contribution in [0.3, 0.4) is 0 Å². The van der Waals surface area contributed by atoms with Gasteiger partial charge in [0.25, 0.3) is 0 Å². The number of benzene rings is 1. The van der Waals surface area contributed by atoms with Crippen LogP contribution in [0.25, 0.3) is 0 Å². The standard InChI is InChI=1S/C11H15NO2/c12-11(9-4-2-1-3-5-9)10-8-13-6-7-14-10/h1-5,10-11H,6-8,12H2. The van der Waals surface area contributed by atoms with E-state index in [2.05, 4.69) is 0 Å². The Balaban J connectivity index is 2.03. The number of ether oxygens (including phenoxy) is 2. The normalized spacial score (nSPS) is 24.5. The fourth-order valence-electron chi connectivity index (χ4n) is 1.60. The zero-order valence-corrected chi connectivity index (χ0v) is 8.06. The molecule has 1 aromatic carbocycles. The minimum absolute atomic E-state index is 0.00819. The van der Waals surface area contributed by atoms with Crippen LogP contribution in [-0.2, 0) is 9.47 Å². The second kappa shape index (κ2) is 4.55. The van der Waals surface area contributed by atoms with Gasteiger partial charge < -0.3 is 15.2 Å². The van der Waals surface area contributed by atoms with E-state index in [1.165, 1.54) is 0 Å². The lowest BCUT2D eigenvalue weighted by Crippen LogP contribution is -2.37. The topological polar surface area (TPSA) is 44.5 Å². The largest absolute Gasteiger partial charge is 0.376 e. The smallest absolute Gasteiger partial charge is 0.100 e. The fraction of sp³-hybridized carbons (Fsp3) is 0.455. The van der Waals surface area contributed by atoms with Crippen LogP contribution in [0.4, 0.5) is 0 Å². The van der Waals surface area contributed by atoms with Gasteiger partial charge in [-0.2, -0.15) is 0 Å². The molecule has 14 heavy (non-hydrogen) atoms. The summed E-state index contributed by atoms with van der Waals surface area (Å²) in [5, 5.41) is 0. The Kier molecular flexibility index (Phi) is 3.14. The van der Waals surface area contributed by atoms with Gasteiger partial charge in [-0.1, -0.05) is 30.3 Å². The first-order valence-corrected chi connectivity index (χ1v) is 4.88. The van der Waals surface area contributed by atoms with Crippen molar-refractivity contribution in [1.29, 1.82) is 0 Å². The lowest BCUT2D eigenvalue weighted by Gasteiger charge is -2.28. The van der Waals surface area contributed by atoms with Crippen LogP contribution < -0.4 is 5.73 Å². The minimum Gasteiger partial charge on any atom is -0.376 e. The van der Waals surface area contributed by atoms with Gasteiger partial charge in [0.1, 0.15) is 6.10 Å². The van der Waals surface area contributed by atoms with E-state index >= 15 is 0 Å². The number of hydrogen-bond donors (Lipinski definition) is 1. The van der Waals surface area contributed by atoms with Gasteiger partial charge in [0, 0.05) is 0 Å². The Hall–Kier alpha value is -0.900. The van der Waals surface area contributed by atoms with Crippen molar-refractivity contribution in [3.63, 3.8) is 0 Å². The minimum atomic E-state index is -0.0866. The van der Waals surface area contributed by atoms with Gasteiger partial charge in [-0.15, -0.1) is 0 Å². The number of hydrogen-bond acceptors (Lipinski definition) is 3. The van der Waals surface area contributed by atoms with E-state index in [1.54, 1.807) is 0 Å². The van der Waals surface area contributed by atoms with Crippen LogP contribution >= 0.6 is 0 Å². The molecular weight excluding hydrogens is 178 g/mol. The van der Waals surface area contributed by atoms with E-state index < -0.39 is 0 Å². The Morgan fingerprint density at radius 1 is 1.21 bits per heavy atom. The summed E-state index contributed by atoms with van der Waals surface area (Å²) >= 11 is 0. The lowest BCUT2D eigenvalue weighted by molar-refractivity contribution is -0.0975. The first-order chi connectivity index (χ1) is 6.88. The highest BCUT2D eigenvalue weighted by Crippen LogP contribution is 2.18. The SMILES string of the molecule is NC(c1ccccc1)C1COCCO1. The summed E-state index contributed by atoms with van der Waals surface area (Å²) in [5.74, 6) is 0. The van der Waals surface area contributed by atoms with Crippen LogP contribution in [-0.4, -0.2) is 25.9 Å². The summed E-state index contributed by atoms with van der Waals surface area (Å²) in [5.41, 5.74) is 7.16. The maximum absolute atomic E-state index is 6.06. The molecule has 0 aromatic heterocycles. The van der Waals surface area contributed by atoms with E-state index in [0.29, 0.717) is 19.8 Å². The molecular formula is C11H15NO2. The second-order valence-electron chi connectivity index (χ2n) is 3.42. The molecule has 0 bridgehead atoms. The highest BCUT2D eigenvalue weighted by molar-refractivity contribution is 5.19. The van der Waals surface area contributed by atoms with E-state index in [0.717, 1.165) is 5.56 Å². The second-order valence-corrected chi connectivity index (χ2v) is 3.42. The molecule has 1 aliphatic heterocycles. The van der Waals surface area contributed by atoms with Crippen LogP contribution in [0.5, 0.6) is 0 Å². The van der Waals surface area contributed by atoms with Gasteiger partial charge in [0.2, 0.25) is 0 Å². The quantitative estimate of drug-likeness (QED) is 0.765. The van der Waals surface area contributed by atoms with Crippen LogP contribution in [0.2, 0.25) is 0 Å². The predicted octanol–water partition coefficient (Wildman–Crippen LogP) is 1.10. The summed E-state index contributed by atoms with van der Waals surface area (Å²) < 4.78 is 10.9. The third-order valence-electron chi connectivity index (χ3n) is 2.43. The third kappa shape index (κ3) is 2.12. The molecule has 2 N–H and O–H groups in total. The zero-order valence-electron chi connectivity index (χ0n) is 8.06. The van der Waals surface area contributed by atoms with Gasteiger partial charge in [-0.3, -0.25) is 0 Å². The van der Waals surface area contributed by atoms with Gasteiger partial charge in [-0.05, 0) is 5.56 Å². The first kappa shape index (κ1) is 9.65. The van der Waals surface area contributed by atoms with Crippen molar-refractivity contribution in [3.8, 4) is 0 Å². The fourth-order valence-corrected chi connectivity index (χ4v) is 1.60. The lowest BCUT2D eigenvalue weighted by atomic mass is 10.0. The number of nitrogens with two attached hydrogens (primary N) is 1. The average Bonchev–Trinajstić information content (AvgIpc) is 2.30. The average molecular weight is 193 g/mol. The molecule has 2 rings (SSSR count). The van der Waals surface area contributed by atoms with E-state index in [4.69, 9.17) is 15.2 Å². The van der Waals surface area contributed by atoms with Gasteiger partial charge in [0.05, 0.1) is 25.9 Å². The Morgan fingerprint density at radius 3 is 2.64 bits per heavy atom. The molecule has 1 aliphatic rings. The van der Waals surface area contributed by atoms with Gasteiger partial charge in [0.15, 0.2) is 0 Å². The zero-order chi connectivity index (χ0) is 9.80. The van der Waals surface area contributed by atoms with Crippen molar-refractivity contribution >= 4 is 0 Å². The predicted molar refractivity (Wildman–Crippen MR) is 53.9 cm³/mol. The molecule has 0 aliphatic carbocycles. The highest BCUT2D eigenvalue weighted by Gasteiger charge is 2.22. The molecule has 0 radical (unpaired) electrons. The van der Waals surface area contributed by atoms with Crippen molar-refractivity contribution < 1.29 is 9.47 Å². The maximum atomic E-state index is 6.06. The molecule has 3 heteroatoms. The Bertz CT molecular complexity index is 270. The van der Waals surface area contributed by atoms with E-state index in [9.17, 15) is 0 Å². The third-order valence-corrected chi connectivity index (χ3v) is 2.43. The number of rotatable bonds is 2. The van der Waals surface area contributed by atoms with E-state index in [-0.39, 0.29) is 12.1 Å². The Morgan fingerprint density at radius 2 is 2.00 bits per heavy atom. The molecule has 0 saturated carbocycles. The maximum Gasteiger partial charge on any atom is 0.100 e. The summed E-state index contributed by atoms with van der Waals surface area (Å²) in [7, 11) is 0. The molecule has 2 unspecified atom stereocenters. The molecule has 76 valence electrons. The Labute approximate surface area is 83.8 Å². The van der Waals surface area contributed by atoms with Crippen molar-refractivity contribution in [2.45, 2.75) is 12.1 Å². The van der Waals surface area contributed by atoms with Crippen molar-refractivity contribution in [2.75, 3.05) is 19.8 Å². The van der Waals surface area contributed by atoms with Crippen LogP contribution in [0, 0.1) is 0 Å².